The van der Waals surface area contributed by atoms with Crippen molar-refractivity contribution in [2.24, 2.45) is 0 Å². The Bertz CT molecular complexity index is 523. The highest BCUT2D eigenvalue weighted by molar-refractivity contribution is 5.88. The number of hydrogen-bond donors (Lipinski definition) is 0. The summed E-state index contributed by atoms with van der Waals surface area (Å²) in [5.74, 6) is 0. The van der Waals surface area contributed by atoms with Crippen LogP contribution in [0.1, 0.15) is 31.0 Å². The number of aryl methyl sites for hydroxylation is 1. The van der Waals surface area contributed by atoms with Crippen LogP contribution in [0.5, 0.6) is 0 Å². The molecule has 0 radical (unpaired) electrons. The second-order valence-electron chi connectivity index (χ2n) is 4.50. The Hall–Kier alpha value is -1.57. The molecule has 0 saturated carbocycles. The van der Waals surface area contributed by atoms with E-state index in [2.05, 4.69) is 37.6 Å². The molecule has 0 saturated heterocycles. The monoisotopic (exact) mass is 215 g/mol. The summed E-state index contributed by atoms with van der Waals surface area (Å²) >= 11 is 0. The van der Waals surface area contributed by atoms with Gasteiger partial charge in [-0.1, -0.05) is 18.2 Å². The van der Waals surface area contributed by atoms with E-state index >= 15 is 0 Å². The molecule has 2 rings (SSSR count). The predicted molar refractivity (Wildman–Crippen MR) is 66.8 cm³/mol. The van der Waals surface area contributed by atoms with Gasteiger partial charge in [0.2, 0.25) is 0 Å². The van der Waals surface area contributed by atoms with Gasteiger partial charge in [0.15, 0.2) is 0 Å². The molecule has 0 aliphatic carbocycles. The normalized spacial score (nSPS) is 11.2. The third-order valence-electron chi connectivity index (χ3n) is 2.99. The molecule has 0 N–H and O–H groups in total. The lowest BCUT2D eigenvalue weighted by molar-refractivity contribution is -0.107. The molecule has 0 spiro atoms. The molecule has 2 heteroatoms. The van der Waals surface area contributed by atoms with Crippen molar-refractivity contribution in [3.05, 3.63) is 35.5 Å². The first-order valence-corrected chi connectivity index (χ1v) is 5.67. The van der Waals surface area contributed by atoms with Gasteiger partial charge in [-0.2, -0.15) is 0 Å². The van der Waals surface area contributed by atoms with Crippen molar-refractivity contribution in [1.29, 1.82) is 0 Å². The largest absolute Gasteiger partial charge is 0.344 e. The summed E-state index contributed by atoms with van der Waals surface area (Å²) in [7, 11) is 0. The Labute approximate surface area is 95.9 Å². The fourth-order valence-electron chi connectivity index (χ4n) is 2.22. The van der Waals surface area contributed by atoms with Crippen molar-refractivity contribution in [2.75, 3.05) is 0 Å². The van der Waals surface area contributed by atoms with Crippen molar-refractivity contribution in [2.45, 2.75) is 33.2 Å². The van der Waals surface area contributed by atoms with Crippen molar-refractivity contribution >= 4 is 17.2 Å². The van der Waals surface area contributed by atoms with Gasteiger partial charge >= 0.3 is 0 Å². The minimum atomic E-state index is 0.420. The Balaban J connectivity index is 2.77. The summed E-state index contributed by atoms with van der Waals surface area (Å²) in [6.45, 7) is 6.44. The lowest BCUT2D eigenvalue weighted by Crippen LogP contribution is -2.01. The van der Waals surface area contributed by atoms with E-state index in [0.29, 0.717) is 12.5 Å². The number of nitrogens with zero attached hydrogens (tertiary/aromatic N) is 1. The molecule has 1 heterocycles. The average molecular weight is 215 g/mol. The van der Waals surface area contributed by atoms with Crippen LogP contribution in [0.15, 0.2) is 24.4 Å². The van der Waals surface area contributed by atoms with Crippen LogP contribution < -0.4 is 0 Å². The number of carbonyl (C=O) groups is 1. The molecule has 2 aromatic rings. The first-order valence-electron chi connectivity index (χ1n) is 5.67. The van der Waals surface area contributed by atoms with Gasteiger partial charge in [0.1, 0.15) is 6.29 Å². The molecule has 1 aromatic carbocycles. The van der Waals surface area contributed by atoms with E-state index in [1.807, 2.05) is 12.1 Å². The zero-order valence-corrected chi connectivity index (χ0v) is 10.0. The van der Waals surface area contributed by atoms with Gasteiger partial charge in [0.25, 0.3) is 0 Å². The van der Waals surface area contributed by atoms with Crippen LogP contribution in [0.2, 0.25) is 0 Å². The van der Waals surface area contributed by atoms with E-state index in [9.17, 15) is 4.79 Å². The zero-order valence-electron chi connectivity index (χ0n) is 10.0. The SMILES string of the molecule is Cc1cn(C(C)C)c2c(CC=O)cccc12. The second-order valence-corrected chi connectivity index (χ2v) is 4.50. The van der Waals surface area contributed by atoms with Crippen molar-refractivity contribution in [1.82, 2.24) is 4.57 Å². The predicted octanol–water partition coefficient (Wildman–Crippen LogP) is 3.27. The molecule has 0 bridgehead atoms. The lowest BCUT2D eigenvalue weighted by Gasteiger charge is -2.11. The number of aromatic nitrogens is 1. The van der Waals surface area contributed by atoms with Crippen molar-refractivity contribution in [3.8, 4) is 0 Å². The summed E-state index contributed by atoms with van der Waals surface area (Å²) in [4.78, 5) is 10.7. The molecule has 2 nitrogen and oxygen atoms in total. The standard InChI is InChI=1S/C14H17NO/c1-10(2)15-9-11(3)13-6-4-5-12(7-8-16)14(13)15/h4-6,8-10H,7H2,1-3H3. The molecule has 0 fully saturated rings. The maximum absolute atomic E-state index is 10.7. The van der Waals surface area contributed by atoms with Crippen LogP contribution in [0.4, 0.5) is 0 Å². The highest BCUT2D eigenvalue weighted by atomic mass is 16.1. The van der Waals surface area contributed by atoms with Crippen LogP contribution in [0.25, 0.3) is 10.9 Å². The minimum absolute atomic E-state index is 0.420. The summed E-state index contributed by atoms with van der Waals surface area (Å²) in [5.41, 5.74) is 3.60. The Morgan fingerprint density at radius 3 is 2.75 bits per heavy atom. The van der Waals surface area contributed by atoms with E-state index < -0.39 is 0 Å². The van der Waals surface area contributed by atoms with E-state index in [1.54, 1.807) is 0 Å². The molecule has 0 unspecified atom stereocenters. The second kappa shape index (κ2) is 4.12. The summed E-state index contributed by atoms with van der Waals surface area (Å²) < 4.78 is 2.25. The van der Waals surface area contributed by atoms with Crippen molar-refractivity contribution in [3.63, 3.8) is 0 Å². The van der Waals surface area contributed by atoms with Gasteiger partial charge in [-0.3, -0.25) is 0 Å². The molecule has 84 valence electrons. The number of aldehydes is 1. The van der Waals surface area contributed by atoms with Gasteiger partial charge in [-0.05, 0) is 31.9 Å². The van der Waals surface area contributed by atoms with Crippen LogP contribution in [0, 0.1) is 6.92 Å². The first kappa shape index (κ1) is 10.9. The van der Waals surface area contributed by atoms with Gasteiger partial charge in [-0.15, -0.1) is 0 Å². The van der Waals surface area contributed by atoms with Gasteiger partial charge in [0, 0.05) is 24.0 Å². The molecule has 0 aliphatic heterocycles. The molecular weight excluding hydrogens is 198 g/mol. The molecule has 0 amide bonds. The number of benzene rings is 1. The number of hydrogen-bond acceptors (Lipinski definition) is 1. The Morgan fingerprint density at radius 1 is 1.38 bits per heavy atom. The van der Waals surface area contributed by atoms with E-state index in [0.717, 1.165) is 11.8 Å². The third-order valence-corrected chi connectivity index (χ3v) is 2.99. The third kappa shape index (κ3) is 1.64. The molecule has 16 heavy (non-hydrogen) atoms. The topological polar surface area (TPSA) is 22.0 Å². The number of fused-ring (bicyclic) bond motifs is 1. The van der Waals surface area contributed by atoms with Crippen LogP contribution >= 0.6 is 0 Å². The summed E-state index contributed by atoms with van der Waals surface area (Å²) in [6.07, 6.45) is 3.64. The first-order chi connectivity index (χ1) is 7.65. The van der Waals surface area contributed by atoms with E-state index in [-0.39, 0.29) is 0 Å². The smallest absolute Gasteiger partial charge is 0.124 e. The van der Waals surface area contributed by atoms with Crippen LogP contribution in [-0.4, -0.2) is 10.9 Å². The van der Waals surface area contributed by atoms with Gasteiger partial charge in [-0.25, -0.2) is 0 Å². The fourth-order valence-corrected chi connectivity index (χ4v) is 2.22. The summed E-state index contributed by atoms with van der Waals surface area (Å²) in [5, 5.41) is 1.26. The van der Waals surface area contributed by atoms with Gasteiger partial charge in [0.05, 0.1) is 5.52 Å². The summed E-state index contributed by atoms with van der Waals surface area (Å²) in [6, 6.07) is 6.61. The highest BCUT2D eigenvalue weighted by Gasteiger charge is 2.11. The van der Waals surface area contributed by atoms with Gasteiger partial charge < -0.3 is 9.36 Å². The van der Waals surface area contributed by atoms with Crippen LogP contribution in [0.3, 0.4) is 0 Å². The minimum Gasteiger partial charge on any atom is -0.344 e. The number of para-hydroxylation sites is 1. The number of rotatable bonds is 3. The molecular formula is C14H17NO. The van der Waals surface area contributed by atoms with E-state index in [4.69, 9.17) is 0 Å². The Morgan fingerprint density at radius 2 is 2.12 bits per heavy atom. The highest BCUT2D eigenvalue weighted by Crippen LogP contribution is 2.27. The molecule has 0 atom stereocenters. The Kier molecular flexibility index (Phi) is 2.82. The van der Waals surface area contributed by atoms with Crippen molar-refractivity contribution < 1.29 is 4.79 Å². The van der Waals surface area contributed by atoms with Crippen LogP contribution in [-0.2, 0) is 11.2 Å². The zero-order chi connectivity index (χ0) is 11.7. The molecule has 0 aliphatic rings. The fraction of sp³-hybridized carbons (Fsp3) is 0.357. The van der Waals surface area contributed by atoms with E-state index in [1.165, 1.54) is 16.5 Å². The lowest BCUT2D eigenvalue weighted by atomic mass is 10.1. The number of carbonyl (C=O) groups excluding carboxylic acids is 1. The maximum atomic E-state index is 10.7. The molecule has 1 aromatic heterocycles. The average Bonchev–Trinajstić information content (AvgIpc) is 2.58. The maximum Gasteiger partial charge on any atom is 0.124 e. The quantitative estimate of drug-likeness (QED) is 0.720.